The Balaban J connectivity index is 2.02. The molecule has 1 atom stereocenters. The molecule has 6 heteroatoms. The molecule has 0 spiro atoms. The lowest BCUT2D eigenvalue weighted by Crippen LogP contribution is -2.44. The topological polar surface area (TPSA) is 98.5 Å². The van der Waals surface area contributed by atoms with E-state index in [1.165, 1.54) is 13.0 Å². The molecule has 0 aliphatic carbocycles. The second kappa shape index (κ2) is 8.63. The summed E-state index contributed by atoms with van der Waals surface area (Å²) in [5.74, 6) is -1.26. The number of carbonyl (C=O) groups is 3. The summed E-state index contributed by atoms with van der Waals surface area (Å²) in [5.41, 5.74) is 6.74. The van der Waals surface area contributed by atoms with Gasteiger partial charge in [0.2, 0.25) is 5.91 Å². The maximum absolute atomic E-state index is 12.3. The summed E-state index contributed by atoms with van der Waals surface area (Å²) < 4.78 is 4.95. The number of aryl methyl sites for hydroxylation is 1. The molecule has 0 aliphatic rings. The molecular weight excluding hydrogens is 320 g/mol. The third-order valence-corrected chi connectivity index (χ3v) is 3.57. The van der Waals surface area contributed by atoms with Crippen LogP contribution in [0.1, 0.15) is 29.3 Å². The van der Waals surface area contributed by atoms with Crippen molar-refractivity contribution in [3.05, 3.63) is 65.7 Å². The van der Waals surface area contributed by atoms with Crippen LogP contribution in [0.25, 0.3) is 0 Å². The second-order valence-electron chi connectivity index (χ2n) is 5.57. The van der Waals surface area contributed by atoms with Crippen molar-refractivity contribution in [2.24, 2.45) is 5.73 Å². The molecule has 2 aromatic rings. The quantitative estimate of drug-likeness (QED) is 0.593. The lowest BCUT2D eigenvalue weighted by Gasteiger charge is -2.16. The van der Waals surface area contributed by atoms with Gasteiger partial charge in [-0.2, -0.15) is 0 Å². The van der Waals surface area contributed by atoms with E-state index in [4.69, 9.17) is 10.5 Å². The van der Waals surface area contributed by atoms with Gasteiger partial charge in [0.1, 0.15) is 11.8 Å². The molecule has 2 aromatic carbocycles. The Hall–Kier alpha value is -3.15. The van der Waals surface area contributed by atoms with Crippen molar-refractivity contribution >= 4 is 17.8 Å². The summed E-state index contributed by atoms with van der Waals surface area (Å²) in [5, 5.41) is 2.63. The van der Waals surface area contributed by atoms with Crippen molar-refractivity contribution in [1.29, 1.82) is 0 Å². The predicted octanol–water partition coefficient (Wildman–Crippen LogP) is 1.83. The largest absolute Gasteiger partial charge is 0.427 e. The maximum atomic E-state index is 12.3. The molecule has 6 nitrogen and oxygen atoms in total. The van der Waals surface area contributed by atoms with Crippen molar-refractivity contribution in [2.45, 2.75) is 25.8 Å². The van der Waals surface area contributed by atoms with E-state index in [-0.39, 0.29) is 11.3 Å². The van der Waals surface area contributed by atoms with Crippen LogP contribution in [0.2, 0.25) is 0 Å². The number of benzene rings is 2. The Morgan fingerprint density at radius 2 is 1.80 bits per heavy atom. The van der Waals surface area contributed by atoms with Crippen LogP contribution in [-0.2, 0) is 16.0 Å². The molecule has 130 valence electrons. The second-order valence-corrected chi connectivity index (χ2v) is 5.57. The summed E-state index contributed by atoms with van der Waals surface area (Å²) in [6, 6.07) is 15.0. The number of nitrogens with two attached hydrogens (primary N) is 1. The fourth-order valence-corrected chi connectivity index (χ4v) is 2.35. The van der Waals surface area contributed by atoms with Gasteiger partial charge in [0.15, 0.2) is 0 Å². The SMILES string of the molecule is CC(=O)Oc1cccc(C(=O)N[C@@H](CCc2ccccc2)C(N)=O)c1. The zero-order valence-electron chi connectivity index (χ0n) is 13.9. The number of carbonyl (C=O) groups excluding carboxylic acids is 3. The third-order valence-electron chi connectivity index (χ3n) is 3.57. The van der Waals surface area contributed by atoms with Crippen LogP contribution in [0.5, 0.6) is 5.75 Å². The molecule has 0 heterocycles. The van der Waals surface area contributed by atoms with E-state index in [0.717, 1.165) is 5.56 Å². The van der Waals surface area contributed by atoms with Crippen LogP contribution < -0.4 is 15.8 Å². The minimum Gasteiger partial charge on any atom is -0.427 e. The Morgan fingerprint density at radius 3 is 2.44 bits per heavy atom. The minimum absolute atomic E-state index is 0.264. The van der Waals surface area contributed by atoms with Crippen molar-refractivity contribution < 1.29 is 19.1 Å². The highest BCUT2D eigenvalue weighted by Crippen LogP contribution is 2.14. The number of amides is 2. The van der Waals surface area contributed by atoms with Crippen molar-refractivity contribution in [3.8, 4) is 5.75 Å². The molecule has 0 saturated carbocycles. The smallest absolute Gasteiger partial charge is 0.308 e. The van der Waals surface area contributed by atoms with Gasteiger partial charge in [-0.25, -0.2) is 0 Å². The number of hydrogen-bond acceptors (Lipinski definition) is 4. The van der Waals surface area contributed by atoms with E-state index in [9.17, 15) is 14.4 Å². The molecule has 0 aliphatic heterocycles. The van der Waals surface area contributed by atoms with Crippen LogP contribution >= 0.6 is 0 Å². The number of esters is 1. The van der Waals surface area contributed by atoms with E-state index in [0.29, 0.717) is 12.8 Å². The Bertz CT molecular complexity index is 759. The van der Waals surface area contributed by atoms with E-state index in [1.807, 2.05) is 30.3 Å². The molecule has 25 heavy (non-hydrogen) atoms. The van der Waals surface area contributed by atoms with Gasteiger partial charge >= 0.3 is 5.97 Å². The van der Waals surface area contributed by atoms with Gasteiger partial charge in [-0.3, -0.25) is 14.4 Å². The molecule has 2 rings (SSSR count). The monoisotopic (exact) mass is 340 g/mol. The molecule has 0 fully saturated rings. The van der Waals surface area contributed by atoms with Gasteiger partial charge in [0.05, 0.1) is 0 Å². The van der Waals surface area contributed by atoms with Gasteiger partial charge in [-0.1, -0.05) is 36.4 Å². The van der Waals surface area contributed by atoms with Crippen LogP contribution in [0.3, 0.4) is 0 Å². The van der Waals surface area contributed by atoms with Gasteiger partial charge < -0.3 is 15.8 Å². The molecule has 0 radical (unpaired) electrons. The fourth-order valence-electron chi connectivity index (χ4n) is 2.35. The normalized spacial score (nSPS) is 11.4. The third kappa shape index (κ3) is 5.76. The molecule has 3 N–H and O–H groups in total. The number of hydrogen-bond donors (Lipinski definition) is 2. The van der Waals surface area contributed by atoms with Gasteiger partial charge in [0.25, 0.3) is 5.91 Å². The standard InChI is InChI=1S/C19H20N2O4/c1-13(22)25-16-9-5-8-15(12-16)19(24)21-17(18(20)23)11-10-14-6-3-2-4-7-14/h2-9,12,17H,10-11H2,1H3,(H2,20,23)(H,21,24)/t17-/m0/s1. The Kier molecular flexibility index (Phi) is 6.28. The predicted molar refractivity (Wildman–Crippen MR) is 93.0 cm³/mol. The van der Waals surface area contributed by atoms with Crippen molar-refractivity contribution in [3.63, 3.8) is 0 Å². The molecule has 0 unspecified atom stereocenters. The highest BCUT2D eigenvalue weighted by Gasteiger charge is 2.19. The van der Waals surface area contributed by atoms with Crippen LogP contribution in [0, 0.1) is 0 Å². The molecule has 0 bridgehead atoms. The number of rotatable bonds is 7. The summed E-state index contributed by atoms with van der Waals surface area (Å²) in [4.78, 5) is 35.0. The molecular formula is C19H20N2O4. The van der Waals surface area contributed by atoms with Crippen molar-refractivity contribution in [1.82, 2.24) is 5.32 Å². The highest BCUT2D eigenvalue weighted by atomic mass is 16.5. The number of ether oxygens (including phenoxy) is 1. The van der Waals surface area contributed by atoms with Gasteiger partial charge in [0, 0.05) is 12.5 Å². The van der Waals surface area contributed by atoms with E-state index in [2.05, 4.69) is 5.32 Å². The lowest BCUT2D eigenvalue weighted by atomic mass is 10.0. The first-order valence-corrected chi connectivity index (χ1v) is 7.88. The van der Waals surface area contributed by atoms with Crippen LogP contribution in [0.15, 0.2) is 54.6 Å². The summed E-state index contributed by atoms with van der Waals surface area (Å²) in [7, 11) is 0. The molecule has 2 amide bonds. The minimum atomic E-state index is -0.787. The molecule has 0 saturated heterocycles. The zero-order chi connectivity index (χ0) is 18.2. The fraction of sp³-hybridized carbons (Fsp3) is 0.211. The average molecular weight is 340 g/mol. The number of nitrogens with one attached hydrogen (secondary N) is 1. The average Bonchev–Trinajstić information content (AvgIpc) is 2.58. The lowest BCUT2D eigenvalue weighted by molar-refractivity contribution is -0.131. The molecule has 0 aromatic heterocycles. The number of primary amides is 1. The highest BCUT2D eigenvalue weighted by molar-refractivity contribution is 5.97. The Labute approximate surface area is 146 Å². The summed E-state index contributed by atoms with van der Waals surface area (Å²) >= 11 is 0. The first-order chi connectivity index (χ1) is 12.0. The maximum Gasteiger partial charge on any atom is 0.308 e. The van der Waals surface area contributed by atoms with Crippen LogP contribution in [-0.4, -0.2) is 23.8 Å². The van der Waals surface area contributed by atoms with E-state index >= 15 is 0 Å². The van der Waals surface area contributed by atoms with Crippen LogP contribution in [0.4, 0.5) is 0 Å². The zero-order valence-corrected chi connectivity index (χ0v) is 13.9. The first kappa shape index (κ1) is 18.2. The van der Waals surface area contributed by atoms with Crippen molar-refractivity contribution in [2.75, 3.05) is 0 Å². The Morgan fingerprint density at radius 1 is 1.08 bits per heavy atom. The van der Waals surface area contributed by atoms with E-state index < -0.39 is 23.8 Å². The summed E-state index contributed by atoms with van der Waals surface area (Å²) in [6.45, 7) is 1.28. The van der Waals surface area contributed by atoms with Gasteiger partial charge in [-0.05, 0) is 36.6 Å². The van der Waals surface area contributed by atoms with Gasteiger partial charge in [-0.15, -0.1) is 0 Å². The van der Waals surface area contributed by atoms with E-state index in [1.54, 1.807) is 18.2 Å². The summed E-state index contributed by atoms with van der Waals surface area (Å²) in [6.07, 6.45) is 1.01. The first-order valence-electron chi connectivity index (χ1n) is 7.88.